The summed E-state index contributed by atoms with van der Waals surface area (Å²) in [4.78, 5) is 14.9. The van der Waals surface area contributed by atoms with E-state index >= 15 is 0 Å². The number of benzene rings is 2. The number of amides is 1. The van der Waals surface area contributed by atoms with Gasteiger partial charge in [0.2, 0.25) is 0 Å². The fourth-order valence-electron chi connectivity index (χ4n) is 3.27. The normalized spacial score (nSPS) is 14.9. The van der Waals surface area contributed by atoms with Gasteiger partial charge in [-0.1, -0.05) is 37.3 Å². The molecule has 0 aliphatic carbocycles. The summed E-state index contributed by atoms with van der Waals surface area (Å²) in [6.07, 6.45) is 2.71. The fraction of sp³-hybridized carbons (Fsp3) is 0.409. The summed E-state index contributed by atoms with van der Waals surface area (Å²) in [6.45, 7) is 6.76. The summed E-state index contributed by atoms with van der Waals surface area (Å²) in [5, 5.41) is 3.00. The number of rotatable bonds is 7. The Hall–Kier alpha value is -2.49. The molecule has 1 unspecified atom stereocenters. The first-order chi connectivity index (χ1) is 12.7. The topological polar surface area (TPSA) is 41.6 Å². The zero-order valence-corrected chi connectivity index (χ0v) is 15.7. The van der Waals surface area contributed by atoms with Gasteiger partial charge in [-0.25, -0.2) is 0 Å². The van der Waals surface area contributed by atoms with Crippen molar-refractivity contribution in [3.05, 3.63) is 59.7 Å². The Balaban J connectivity index is 1.54. The van der Waals surface area contributed by atoms with Crippen molar-refractivity contribution < 1.29 is 9.53 Å². The van der Waals surface area contributed by atoms with E-state index in [1.54, 1.807) is 0 Å². The average Bonchev–Trinajstić information content (AvgIpc) is 3.20. The lowest BCUT2D eigenvalue weighted by molar-refractivity contribution is -0.128. The molecule has 1 aliphatic rings. The van der Waals surface area contributed by atoms with Crippen LogP contribution in [0.2, 0.25) is 0 Å². The molecule has 1 N–H and O–H groups in total. The van der Waals surface area contributed by atoms with Crippen LogP contribution in [0.15, 0.2) is 48.5 Å². The van der Waals surface area contributed by atoms with Crippen molar-refractivity contribution in [2.24, 2.45) is 0 Å². The molecule has 0 aromatic heterocycles. The third-order valence-electron chi connectivity index (χ3n) is 4.90. The quantitative estimate of drug-likeness (QED) is 0.817. The molecule has 1 aliphatic heterocycles. The largest absolute Gasteiger partial charge is 0.480 e. The van der Waals surface area contributed by atoms with Crippen LogP contribution in [0.3, 0.4) is 0 Å². The van der Waals surface area contributed by atoms with E-state index in [0.717, 1.165) is 30.0 Å². The highest BCUT2D eigenvalue weighted by molar-refractivity contribution is 5.81. The lowest BCUT2D eigenvalue weighted by Gasteiger charge is -2.19. The molecule has 4 heteroatoms. The van der Waals surface area contributed by atoms with Crippen molar-refractivity contribution in [1.82, 2.24) is 5.32 Å². The molecule has 1 atom stereocenters. The smallest absolute Gasteiger partial charge is 0.261 e. The third-order valence-corrected chi connectivity index (χ3v) is 4.90. The monoisotopic (exact) mass is 352 g/mol. The number of carbonyl (C=O) groups is 1. The maximum atomic E-state index is 12.5. The SMILES string of the molecule is CCC(Oc1ccccc1C)C(=O)NCc1ccc(N2CCCC2)cc1. The fourth-order valence-corrected chi connectivity index (χ4v) is 3.27. The van der Waals surface area contributed by atoms with Crippen molar-refractivity contribution in [3.8, 4) is 5.75 Å². The number of nitrogens with one attached hydrogen (secondary N) is 1. The van der Waals surface area contributed by atoms with Crippen molar-refractivity contribution >= 4 is 11.6 Å². The van der Waals surface area contributed by atoms with E-state index in [2.05, 4.69) is 34.5 Å². The van der Waals surface area contributed by atoms with Gasteiger partial charge in [0.15, 0.2) is 6.10 Å². The van der Waals surface area contributed by atoms with E-state index in [0.29, 0.717) is 13.0 Å². The van der Waals surface area contributed by atoms with Gasteiger partial charge in [0.25, 0.3) is 5.91 Å². The molecule has 1 amide bonds. The zero-order valence-electron chi connectivity index (χ0n) is 15.7. The molecular formula is C22H28N2O2. The first-order valence-corrected chi connectivity index (χ1v) is 9.51. The van der Waals surface area contributed by atoms with Crippen molar-refractivity contribution in [2.75, 3.05) is 18.0 Å². The van der Waals surface area contributed by atoms with Gasteiger partial charge in [-0.2, -0.15) is 0 Å². The minimum atomic E-state index is -0.472. The maximum Gasteiger partial charge on any atom is 0.261 e. The molecule has 0 spiro atoms. The summed E-state index contributed by atoms with van der Waals surface area (Å²) in [6, 6.07) is 16.3. The number of hydrogen-bond donors (Lipinski definition) is 1. The standard InChI is InChI=1S/C22H28N2O2/c1-3-20(26-21-9-5-4-8-17(21)2)22(25)23-16-18-10-12-19(13-11-18)24-14-6-7-15-24/h4-5,8-13,20H,3,6-7,14-16H2,1-2H3,(H,23,25). The number of hydrogen-bond acceptors (Lipinski definition) is 3. The van der Waals surface area contributed by atoms with E-state index < -0.39 is 6.10 Å². The molecule has 1 heterocycles. The summed E-state index contributed by atoms with van der Waals surface area (Å²) in [7, 11) is 0. The van der Waals surface area contributed by atoms with Crippen LogP contribution < -0.4 is 15.0 Å². The molecule has 138 valence electrons. The highest BCUT2D eigenvalue weighted by Gasteiger charge is 2.19. The Labute approximate surface area is 156 Å². The van der Waals surface area contributed by atoms with Gasteiger partial charge >= 0.3 is 0 Å². The highest BCUT2D eigenvalue weighted by atomic mass is 16.5. The van der Waals surface area contributed by atoms with Crippen molar-refractivity contribution in [1.29, 1.82) is 0 Å². The summed E-state index contributed by atoms with van der Waals surface area (Å²) in [5.74, 6) is 0.698. The second kappa shape index (κ2) is 8.75. The van der Waals surface area contributed by atoms with E-state index in [1.165, 1.54) is 18.5 Å². The van der Waals surface area contributed by atoms with E-state index in [9.17, 15) is 4.79 Å². The second-order valence-electron chi connectivity index (χ2n) is 6.86. The molecule has 1 fully saturated rings. The Bertz CT molecular complexity index is 721. The molecule has 0 radical (unpaired) electrons. The second-order valence-corrected chi connectivity index (χ2v) is 6.86. The van der Waals surface area contributed by atoms with Gasteiger partial charge in [0.1, 0.15) is 5.75 Å². The molecule has 2 aromatic rings. The number of carbonyl (C=O) groups excluding carboxylic acids is 1. The molecule has 4 nitrogen and oxygen atoms in total. The van der Waals surface area contributed by atoms with Crippen LogP contribution in [0.25, 0.3) is 0 Å². The van der Waals surface area contributed by atoms with Crippen LogP contribution in [0.1, 0.15) is 37.3 Å². The Morgan fingerprint density at radius 1 is 1.12 bits per heavy atom. The number of aryl methyl sites for hydroxylation is 1. The first kappa shape index (κ1) is 18.3. The van der Waals surface area contributed by atoms with Crippen molar-refractivity contribution in [2.45, 2.75) is 45.8 Å². The number of nitrogens with zero attached hydrogens (tertiary/aromatic N) is 1. The van der Waals surface area contributed by atoms with Gasteiger partial charge in [0, 0.05) is 25.3 Å². The molecule has 2 aromatic carbocycles. The molecule has 0 bridgehead atoms. The average molecular weight is 352 g/mol. The predicted octanol–water partition coefficient (Wildman–Crippen LogP) is 4.07. The minimum absolute atomic E-state index is 0.0700. The minimum Gasteiger partial charge on any atom is -0.480 e. The summed E-state index contributed by atoms with van der Waals surface area (Å²) in [5.41, 5.74) is 3.41. The Morgan fingerprint density at radius 2 is 1.81 bits per heavy atom. The van der Waals surface area contributed by atoms with Crippen LogP contribution >= 0.6 is 0 Å². The van der Waals surface area contributed by atoms with Crippen LogP contribution in [-0.4, -0.2) is 25.1 Å². The molecule has 1 saturated heterocycles. The molecule has 3 rings (SSSR count). The predicted molar refractivity (Wildman–Crippen MR) is 106 cm³/mol. The number of para-hydroxylation sites is 1. The van der Waals surface area contributed by atoms with Crippen molar-refractivity contribution in [3.63, 3.8) is 0 Å². The van der Waals surface area contributed by atoms with E-state index in [1.807, 2.05) is 38.1 Å². The van der Waals surface area contributed by atoms with Gasteiger partial charge in [-0.15, -0.1) is 0 Å². The van der Waals surface area contributed by atoms with Crippen LogP contribution in [0, 0.1) is 6.92 Å². The van der Waals surface area contributed by atoms with E-state index in [4.69, 9.17) is 4.74 Å². The Kier molecular flexibility index (Phi) is 6.16. The maximum absolute atomic E-state index is 12.5. The van der Waals surface area contributed by atoms with Gasteiger partial charge in [-0.05, 0) is 55.5 Å². The number of anilines is 1. The highest BCUT2D eigenvalue weighted by Crippen LogP contribution is 2.21. The molecular weight excluding hydrogens is 324 g/mol. The van der Waals surface area contributed by atoms with Crippen LogP contribution in [0.4, 0.5) is 5.69 Å². The summed E-state index contributed by atoms with van der Waals surface area (Å²) < 4.78 is 5.91. The third kappa shape index (κ3) is 4.57. The lowest BCUT2D eigenvalue weighted by Crippen LogP contribution is -2.37. The van der Waals surface area contributed by atoms with Gasteiger partial charge in [-0.3, -0.25) is 4.79 Å². The van der Waals surface area contributed by atoms with Gasteiger partial charge in [0.05, 0.1) is 0 Å². The van der Waals surface area contributed by atoms with Gasteiger partial charge < -0.3 is 15.0 Å². The van der Waals surface area contributed by atoms with Crippen LogP contribution in [0.5, 0.6) is 5.75 Å². The van der Waals surface area contributed by atoms with Crippen LogP contribution in [-0.2, 0) is 11.3 Å². The Morgan fingerprint density at radius 3 is 2.46 bits per heavy atom. The van der Waals surface area contributed by atoms with E-state index in [-0.39, 0.29) is 5.91 Å². The summed E-state index contributed by atoms with van der Waals surface area (Å²) >= 11 is 0. The number of ether oxygens (including phenoxy) is 1. The molecule has 26 heavy (non-hydrogen) atoms. The zero-order chi connectivity index (χ0) is 18.4. The molecule has 0 saturated carbocycles. The first-order valence-electron chi connectivity index (χ1n) is 9.51. The lowest BCUT2D eigenvalue weighted by atomic mass is 10.1.